The van der Waals surface area contributed by atoms with Gasteiger partial charge < -0.3 is 10.5 Å². The molecule has 3 nitrogen and oxygen atoms in total. The predicted molar refractivity (Wildman–Crippen MR) is 66.0 cm³/mol. The molecule has 1 aromatic carbocycles. The smallest absolute Gasteiger partial charge is 0.416 e. The molecule has 104 valence electrons. The van der Waals surface area contributed by atoms with Crippen molar-refractivity contribution in [2.75, 3.05) is 13.1 Å². The molecule has 1 unspecified atom stereocenters. The van der Waals surface area contributed by atoms with E-state index in [-0.39, 0.29) is 6.10 Å². The van der Waals surface area contributed by atoms with Gasteiger partial charge in [-0.05, 0) is 17.7 Å². The Balaban J connectivity index is 1.91. The molecule has 1 aromatic rings. The van der Waals surface area contributed by atoms with Crippen LogP contribution in [-0.4, -0.2) is 25.1 Å². The van der Waals surface area contributed by atoms with Crippen LogP contribution in [0.1, 0.15) is 17.5 Å². The largest absolute Gasteiger partial charge is 0.475 e. The molecular formula is C13H15F3N2O. The van der Waals surface area contributed by atoms with Gasteiger partial charge in [0.05, 0.1) is 12.1 Å². The molecule has 0 spiro atoms. The molecule has 0 radical (unpaired) electrons. The van der Waals surface area contributed by atoms with E-state index < -0.39 is 11.7 Å². The lowest BCUT2D eigenvalue weighted by atomic mass is 10.1. The van der Waals surface area contributed by atoms with Gasteiger partial charge in [-0.25, -0.2) is 0 Å². The Kier molecular flexibility index (Phi) is 4.09. The summed E-state index contributed by atoms with van der Waals surface area (Å²) in [6.07, 6.45) is -3.24. The van der Waals surface area contributed by atoms with Gasteiger partial charge in [0.2, 0.25) is 0 Å². The number of ether oxygens (including phenoxy) is 1. The number of rotatable bonds is 4. The Hall–Kier alpha value is -1.56. The first-order valence-electron chi connectivity index (χ1n) is 6.05. The molecule has 1 aliphatic heterocycles. The highest BCUT2D eigenvalue weighted by Crippen LogP contribution is 2.29. The van der Waals surface area contributed by atoms with E-state index in [0.29, 0.717) is 31.8 Å². The number of hydrogen-bond acceptors (Lipinski definition) is 3. The fourth-order valence-corrected chi connectivity index (χ4v) is 1.93. The van der Waals surface area contributed by atoms with E-state index in [1.165, 1.54) is 12.1 Å². The molecule has 2 rings (SSSR count). The zero-order chi connectivity index (χ0) is 13.9. The van der Waals surface area contributed by atoms with Crippen molar-refractivity contribution in [3.63, 3.8) is 0 Å². The Bertz CT molecular complexity index is 454. The second-order valence-electron chi connectivity index (χ2n) is 4.41. The summed E-state index contributed by atoms with van der Waals surface area (Å²) in [7, 11) is 0. The number of nitrogens with two attached hydrogens (primary N) is 1. The van der Waals surface area contributed by atoms with Gasteiger partial charge in [0.1, 0.15) is 6.10 Å². The van der Waals surface area contributed by atoms with Crippen molar-refractivity contribution in [1.29, 1.82) is 0 Å². The van der Waals surface area contributed by atoms with Crippen molar-refractivity contribution in [2.45, 2.75) is 25.1 Å². The fourth-order valence-electron chi connectivity index (χ4n) is 1.93. The highest BCUT2D eigenvalue weighted by molar-refractivity contribution is 5.77. The molecule has 0 saturated carbocycles. The molecule has 0 saturated heterocycles. The summed E-state index contributed by atoms with van der Waals surface area (Å²) in [5.41, 5.74) is 5.57. The number of hydrogen-bond donors (Lipinski definition) is 1. The number of alkyl halides is 3. The second kappa shape index (κ2) is 5.61. The average Bonchev–Trinajstić information content (AvgIpc) is 2.77. The monoisotopic (exact) mass is 272 g/mol. The predicted octanol–water partition coefficient (Wildman–Crippen LogP) is 2.39. The summed E-state index contributed by atoms with van der Waals surface area (Å²) in [6.45, 7) is 1.02. The van der Waals surface area contributed by atoms with E-state index in [0.717, 1.165) is 17.7 Å². The number of benzene rings is 1. The van der Waals surface area contributed by atoms with Gasteiger partial charge in [-0.2, -0.15) is 13.2 Å². The Morgan fingerprint density at radius 1 is 1.26 bits per heavy atom. The van der Waals surface area contributed by atoms with Crippen LogP contribution < -0.4 is 5.73 Å². The fraction of sp³-hybridized carbons (Fsp3) is 0.462. The van der Waals surface area contributed by atoms with Crippen LogP contribution in [0, 0.1) is 0 Å². The van der Waals surface area contributed by atoms with Crippen molar-refractivity contribution < 1.29 is 17.9 Å². The first-order valence-corrected chi connectivity index (χ1v) is 6.05. The number of aliphatic imine (C=N–C) groups is 1. The summed E-state index contributed by atoms with van der Waals surface area (Å²) in [6, 6.07) is 5.14. The SMILES string of the molecule is NCCC1=NCC(Cc2ccc(C(F)(F)F)cc2)O1. The molecule has 0 amide bonds. The van der Waals surface area contributed by atoms with Gasteiger partial charge in [0.25, 0.3) is 0 Å². The van der Waals surface area contributed by atoms with Crippen LogP contribution in [0.4, 0.5) is 13.2 Å². The highest BCUT2D eigenvalue weighted by Gasteiger charge is 2.30. The maximum Gasteiger partial charge on any atom is 0.416 e. The lowest BCUT2D eigenvalue weighted by Gasteiger charge is -2.12. The lowest BCUT2D eigenvalue weighted by molar-refractivity contribution is -0.137. The summed E-state index contributed by atoms with van der Waals surface area (Å²) in [4.78, 5) is 4.19. The van der Waals surface area contributed by atoms with Crippen molar-refractivity contribution in [1.82, 2.24) is 0 Å². The van der Waals surface area contributed by atoms with Crippen molar-refractivity contribution in [2.24, 2.45) is 10.7 Å². The first-order chi connectivity index (χ1) is 8.99. The van der Waals surface area contributed by atoms with E-state index in [1.807, 2.05) is 0 Å². The van der Waals surface area contributed by atoms with Gasteiger partial charge in [-0.15, -0.1) is 0 Å². The van der Waals surface area contributed by atoms with Crippen molar-refractivity contribution in [3.8, 4) is 0 Å². The molecule has 2 N–H and O–H groups in total. The van der Waals surface area contributed by atoms with Crippen molar-refractivity contribution in [3.05, 3.63) is 35.4 Å². The molecule has 0 aliphatic carbocycles. The third-order valence-corrected chi connectivity index (χ3v) is 2.88. The maximum atomic E-state index is 12.4. The van der Waals surface area contributed by atoms with Crippen LogP contribution in [0.25, 0.3) is 0 Å². The standard InChI is InChI=1S/C13H15F3N2O/c14-13(15,16)10-3-1-9(2-4-10)7-11-8-18-12(19-11)5-6-17/h1-4,11H,5-8,17H2. The van der Waals surface area contributed by atoms with Gasteiger partial charge in [-0.1, -0.05) is 12.1 Å². The Morgan fingerprint density at radius 2 is 1.95 bits per heavy atom. The molecule has 0 aromatic heterocycles. The Labute approximate surface area is 109 Å². The Morgan fingerprint density at radius 3 is 2.53 bits per heavy atom. The van der Waals surface area contributed by atoms with Crippen LogP contribution >= 0.6 is 0 Å². The first kappa shape index (κ1) is 13.9. The minimum atomic E-state index is -4.29. The van der Waals surface area contributed by atoms with Crippen LogP contribution in [0.5, 0.6) is 0 Å². The van der Waals surface area contributed by atoms with Crippen LogP contribution in [0.15, 0.2) is 29.3 Å². The zero-order valence-electron chi connectivity index (χ0n) is 10.3. The molecule has 1 heterocycles. The number of nitrogens with zero attached hydrogens (tertiary/aromatic N) is 1. The summed E-state index contributed by atoms with van der Waals surface area (Å²) in [5, 5.41) is 0. The third-order valence-electron chi connectivity index (χ3n) is 2.88. The maximum absolute atomic E-state index is 12.4. The quantitative estimate of drug-likeness (QED) is 0.914. The van der Waals surface area contributed by atoms with E-state index in [9.17, 15) is 13.2 Å². The summed E-state index contributed by atoms with van der Waals surface area (Å²) < 4.78 is 42.8. The van der Waals surface area contributed by atoms with Crippen LogP contribution in [0.2, 0.25) is 0 Å². The average molecular weight is 272 g/mol. The molecule has 1 atom stereocenters. The highest BCUT2D eigenvalue weighted by atomic mass is 19.4. The van der Waals surface area contributed by atoms with Crippen LogP contribution in [-0.2, 0) is 17.3 Å². The molecule has 1 aliphatic rings. The topological polar surface area (TPSA) is 47.6 Å². The van der Waals surface area contributed by atoms with Gasteiger partial charge in [0, 0.05) is 19.4 Å². The van der Waals surface area contributed by atoms with Gasteiger partial charge in [-0.3, -0.25) is 4.99 Å². The van der Waals surface area contributed by atoms with E-state index in [2.05, 4.69) is 4.99 Å². The van der Waals surface area contributed by atoms with E-state index in [1.54, 1.807) is 0 Å². The molecule has 0 fully saturated rings. The zero-order valence-corrected chi connectivity index (χ0v) is 10.3. The lowest BCUT2D eigenvalue weighted by Crippen LogP contribution is -2.17. The minimum absolute atomic E-state index is 0.0988. The second-order valence-corrected chi connectivity index (χ2v) is 4.41. The van der Waals surface area contributed by atoms with E-state index >= 15 is 0 Å². The van der Waals surface area contributed by atoms with Crippen LogP contribution in [0.3, 0.4) is 0 Å². The summed E-state index contributed by atoms with van der Waals surface area (Å²) >= 11 is 0. The third kappa shape index (κ3) is 3.70. The molecule has 19 heavy (non-hydrogen) atoms. The van der Waals surface area contributed by atoms with Gasteiger partial charge >= 0.3 is 6.18 Å². The minimum Gasteiger partial charge on any atom is -0.475 e. The molecular weight excluding hydrogens is 257 g/mol. The van der Waals surface area contributed by atoms with Crippen molar-refractivity contribution >= 4 is 5.90 Å². The molecule has 6 heteroatoms. The summed E-state index contributed by atoms with van der Waals surface area (Å²) in [5.74, 6) is 0.638. The van der Waals surface area contributed by atoms with E-state index in [4.69, 9.17) is 10.5 Å². The number of halogens is 3. The molecule has 0 bridgehead atoms. The normalized spacial score (nSPS) is 19.2. The van der Waals surface area contributed by atoms with Gasteiger partial charge in [0.15, 0.2) is 5.90 Å².